The molecule has 5 aromatic heterocycles. The van der Waals surface area contributed by atoms with E-state index in [-0.39, 0.29) is 0 Å². The molecule has 8 nitrogen and oxygen atoms in total. The molecule has 146 heavy (non-hydrogen) atoms. The molecule has 2 aliphatic carbocycles. The van der Waals surface area contributed by atoms with Crippen LogP contribution in [0.4, 0.5) is 0 Å². The number of fused-ring (bicyclic) bond motifs is 23. The molecule has 0 spiro atoms. The van der Waals surface area contributed by atoms with Gasteiger partial charge in [0.15, 0.2) is 17.5 Å². The normalized spacial score (nSPS) is 11.9. The predicted octanol–water partition coefficient (Wildman–Crippen LogP) is 36.4. The van der Waals surface area contributed by atoms with Crippen molar-refractivity contribution >= 4 is 120 Å². The van der Waals surface area contributed by atoms with Crippen LogP contribution in [-0.4, -0.2) is 29.9 Å². The second-order valence-electron chi connectivity index (χ2n) is 38.1. The first-order valence-electron chi connectivity index (χ1n) is 49.8. The van der Waals surface area contributed by atoms with Crippen molar-refractivity contribution in [1.82, 2.24) is 29.9 Å². The molecule has 0 atom stereocenters. The molecule has 2 aliphatic rings. The summed E-state index contributed by atoms with van der Waals surface area (Å²) in [5.41, 5.74) is 40.5. The Labute approximate surface area is 841 Å². The first-order valence-corrected chi connectivity index (χ1v) is 49.8. The number of hydrogen-bond donors (Lipinski definition) is 0. The van der Waals surface area contributed by atoms with Gasteiger partial charge in [0.25, 0.3) is 0 Å². The summed E-state index contributed by atoms with van der Waals surface area (Å²) < 4.78 is 12.6. The number of rotatable bonds is 12. The predicted molar refractivity (Wildman–Crippen MR) is 605 cm³/mol. The van der Waals surface area contributed by atoms with Gasteiger partial charge in [-0.1, -0.05) is 406 Å². The van der Waals surface area contributed by atoms with Gasteiger partial charge in [-0.15, -0.1) is 0 Å². The summed E-state index contributed by atoms with van der Waals surface area (Å²) in [7, 11) is 0. The zero-order valence-corrected chi connectivity index (χ0v) is 79.3. The lowest BCUT2D eigenvalue weighted by Crippen LogP contribution is -1.96. The maximum Gasteiger partial charge on any atom is 0.160 e. The van der Waals surface area contributed by atoms with Crippen molar-refractivity contribution in [3.8, 4) is 157 Å². The first kappa shape index (κ1) is 84.8. The van der Waals surface area contributed by atoms with E-state index in [2.05, 4.69) is 449 Å². The van der Waals surface area contributed by atoms with Crippen molar-refractivity contribution in [2.24, 2.45) is 0 Å². The molecule has 0 radical (unpaired) electrons. The Kier molecular flexibility index (Phi) is 20.6. The monoisotopic (exact) mass is 1860 g/mol. The fourth-order valence-electron chi connectivity index (χ4n) is 22.1. The minimum atomic E-state index is 0.706. The zero-order chi connectivity index (χ0) is 96.2. The van der Waals surface area contributed by atoms with Gasteiger partial charge in [0.2, 0.25) is 0 Å². The Balaban J connectivity index is 0.000000106. The number of aromatic nitrogens is 6. The van der Waals surface area contributed by atoms with E-state index < -0.39 is 0 Å². The lowest BCUT2D eigenvalue weighted by Gasteiger charge is -2.13. The highest BCUT2D eigenvalue weighted by molar-refractivity contribution is 6.18. The number of furan rings is 2. The fourth-order valence-corrected chi connectivity index (χ4v) is 22.1. The van der Waals surface area contributed by atoms with E-state index in [9.17, 15) is 0 Å². The summed E-state index contributed by atoms with van der Waals surface area (Å²) in [5, 5.41) is 17.2. The first-order chi connectivity index (χ1) is 72.3. The van der Waals surface area contributed by atoms with Crippen LogP contribution in [0.3, 0.4) is 0 Å². The molecular formula is C138H86N6O2. The highest BCUT2D eigenvalue weighted by Crippen LogP contribution is 2.48. The van der Waals surface area contributed by atoms with Crippen molar-refractivity contribution in [2.75, 3.05) is 0 Å². The van der Waals surface area contributed by atoms with Crippen LogP contribution in [0, 0.1) is 0 Å². The maximum atomic E-state index is 6.34. The van der Waals surface area contributed by atoms with Gasteiger partial charge in [-0.3, -0.25) is 0 Å². The quantitative estimate of drug-likeness (QED) is 0.119. The van der Waals surface area contributed by atoms with Gasteiger partial charge < -0.3 is 8.83 Å². The van der Waals surface area contributed by atoms with Crippen LogP contribution in [0.1, 0.15) is 22.3 Å². The third kappa shape index (κ3) is 15.3. The van der Waals surface area contributed by atoms with E-state index >= 15 is 0 Å². The van der Waals surface area contributed by atoms with E-state index in [0.29, 0.717) is 5.82 Å². The molecule has 0 bridgehead atoms. The lowest BCUT2D eigenvalue weighted by atomic mass is 9.95. The lowest BCUT2D eigenvalue weighted by molar-refractivity contribution is 0.672. The van der Waals surface area contributed by atoms with Gasteiger partial charge in [-0.25, -0.2) is 29.9 Å². The summed E-state index contributed by atoms with van der Waals surface area (Å²) in [5.74, 6) is 2.15. The molecule has 5 heterocycles. The summed E-state index contributed by atoms with van der Waals surface area (Å²) in [6.45, 7) is 0. The van der Waals surface area contributed by atoms with Gasteiger partial charge >= 0.3 is 0 Å². The molecule has 0 unspecified atom stereocenters. The Hall–Kier alpha value is -19.3. The molecule has 0 amide bonds. The second kappa shape index (κ2) is 35.5. The Morgan fingerprint density at radius 3 is 0.829 bits per heavy atom. The van der Waals surface area contributed by atoms with Crippen LogP contribution in [0.25, 0.3) is 277 Å². The van der Waals surface area contributed by atoms with Crippen molar-refractivity contribution < 1.29 is 8.83 Å². The average Bonchev–Trinajstić information content (AvgIpc) is 1.59. The molecule has 0 saturated heterocycles. The molecule has 680 valence electrons. The molecule has 0 fully saturated rings. The molecule has 28 aromatic rings. The van der Waals surface area contributed by atoms with Gasteiger partial charge in [0.1, 0.15) is 22.3 Å². The van der Waals surface area contributed by atoms with Crippen molar-refractivity contribution in [3.63, 3.8) is 0 Å². The minimum Gasteiger partial charge on any atom is -0.455 e. The molecule has 0 aliphatic heterocycles. The highest BCUT2D eigenvalue weighted by Gasteiger charge is 2.26. The second-order valence-corrected chi connectivity index (χ2v) is 38.1. The Morgan fingerprint density at radius 1 is 0.151 bits per heavy atom. The maximum absolute atomic E-state index is 6.34. The zero-order valence-electron chi connectivity index (χ0n) is 79.3. The van der Waals surface area contributed by atoms with E-state index in [0.717, 1.165) is 206 Å². The molecule has 0 N–H and O–H groups in total. The van der Waals surface area contributed by atoms with Crippen molar-refractivity contribution in [1.29, 1.82) is 0 Å². The minimum absolute atomic E-state index is 0.706. The Bertz CT molecular complexity index is 10100. The largest absolute Gasteiger partial charge is 0.455 e. The fraction of sp³-hybridized carbons (Fsp3) is 0.0145. The molecule has 23 aromatic carbocycles. The number of hydrogen-bond acceptors (Lipinski definition) is 8. The topological polar surface area (TPSA) is 104 Å². The van der Waals surface area contributed by atoms with Gasteiger partial charge in [0.05, 0.1) is 33.6 Å². The number of para-hydroxylation sites is 3. The van der Waals surface area contributed by atoms with Gasteiger partial charge in [0, 0.05) is 81.9 Å². The molecular weight excluding hydrogens is 1770 g/mol. The third-order valence-corrected chi connectivity index (χ3v) is 29.6. The smallest absolute Gasteiger partial charge is 0.160 e. The van der Waals surface area contributed by atoms with E-state index in [1.165, 1.54) is 99.4 Å². The highest BCUT2D eigenvalue weighted by atomic mass is 16.3. The van der Waals surface area contributed by atoms with Crippen LogP contribution in [0.5, 0.6) is 0 Å². The van der Waals surface area contributed by atoms with E-state index in [1.807, 2.05) is 48.5 Å². The van der Waals surface area contributed by atoms with Crippen LogP contribution in [0.2, 0.25) is 0 Å². The molecule has 30 rings (SSSR count). The van der Waals surface area contributed by atoms with Crippen molar-refractivity contribution in [2.45, 2.75) is 12.8 Å². The van der Waals surface area contributed by atoms with Crippen LogP contribution >= 0.6 is 0 Å². The van der Waals surface area contributed by atoms with Crippen LogP contribution < -0.4 is 0 Å². The number of nitrogens with zero attached hydrogens (tertiary/aromatic N) is 6. The summed E-state index contributed by atoms with van der Waals surface area (Å²) in [6, 6.07) is 176. The van der Waals surface area contributed by atoms with Crippen LogP contribution in [-0.2, 0) is 12.8 Å². The summed E-state index contributed by atoms with van der Waals surface area (Å²) in [4.78, 5) is 31.0. The summed E-state index contributed by atoms with van der Waals surface area (Å²) in [6.07, 6.45) is 1.94. The van der Waals surface area contributed by atoms with Crippen LogP contribution in [0.15, 0.2) is 506 Å². The average molecular weight is 1860 g/mol. The third-order valence-electron chi connectivity index (χ3n) is 29.6. The van der Waals surface area contributed by atoms with Gasteiger partial charge in [-0.2, -0.15) is 0 Å². The van der Waals surface area contributed by atoms with E-state index in [1.54, 1.807) is 0 Å². The Morgan fingerprint density at radius 2 is 0.418 bits per heavy atom. The standard InChI is InChI=1S/C49H32N2.C47H28N2O.C42H26N2O/c1-3-9-32(10-4-1)34-15-17-36(18-16-34)38-25-28-47-46(30-38)48(51-49(50-47)37-21-19-35(20-22-37)33-11-5-2-6-12-33)41-24-26-43-40(29-41)23-27-44-42-14-8-7-13-39(42)31-45(43)44;1-2-8-35-31(7-1)27-42-36-21-20-34(26-32(36)18-23-38(35)42)45-41-10-3-5-11-43(41)48-47(49-45)29-15-13-28(14-16-29)30-17-22-37-33(25-30)19-24-40-39-9-4-6-12-44(39)50-46(37)40;1-3-9-27(10-4-1)29-15-17-30(18-16-29)42-43-38-24-21-31(28-11-5-2-6-12-28)26-37(38)40(44-42)33-20-22-34-32(25-33)19-23-36-35-13-7-8-14-39(35)45-41(34)36/h1-30H,31H2;1-26H,27H2;1-26H. The van der Waals surface area contributed by atoms with Gasteiger partial charge in [-0.05, 0) is 247 Å². The number of benzene rings is 23. The molecule has 0 saturated carbocycles. The molecule has 8 heteroatoms. The van der Waals surface area contributed by atoms with E-state index in [4.69, 9.17) is 38.7 Å². The van der Waals surface area contributed by atoms with Crippen molar-refractivity contribution in [3.05, 3.63) is 520 Å². The SMILES string of the molecule is c1ccc(-c2ccc(-c3ccc4nc(-c5ccc(-c6ccccc6)cc5)nc(-c5ccc6c7c(ccc6c5)-c5ccccc5C7)c4c3)cc2)cc1.c1ccc(-c2ccc(-c3nc(-c4ccc5c(ccc6c7ccccc7oc56)c4)c4cc(-c5ccccc5)ccc4n3)cc2)cc1.c1ccc2c(c1)Cc1c-2ccc2cc(-c3nc(-c4ccc(-c5ccc6c(ccc7c8ccccc8oc67)c5)cc4)nc4ccccc34)ccc12. The summed E-state index contributed by atoms with van der Waals surface area (Å²) >= 11 is 0.